The van der Waals surface area contributed by atoms with E-state index in [4.69, 9.17) is 5.84 Å². The molecule has 1 aliphatic heterocycles. The number of likely N-dealkylation sites (tertiary alicyclic amines) is 1. The third-order valence-corrected chi connectivity index (χ3v) is 3.56. The number of aromatic nitrogens is 1. The first-order chi connectivity index (χ1) is 8.76. The van der Waals surface area contributed by atoms with Crippen LogP contribution in [-0.4, -0.2) is 28.9 Å². The van der Waals surface area contributed by atoms with E-state index in [0.29, 0.717) is 17.3 Å². The fourth-order valence-electron chi connectivity index (χ4n) is 2.45. The summed E-state index contributed by atoms with van der Waals surface area (Å²) in [5.74, 6) is 6.48. The SMILES string of the molecule is CCC1CCCN(C(=O)c2cccnc2NN)C1. The van der Waals surface area contributed by atoms with Gasteiger partial charge in [-0.05, 0) is 30.9 Å². The van der Waals surface area contributed by atoms with Crippen LogP contribution < -0.4 is 11.3 Å². The van der Waals surface area contributed by atoms with Gasteiger partial charge in [0.15, 0.2) is 5.82 Å². The van der Waals surface area contributed by atoms with E-state index in [1.807, 2.05) is 4.90 Å². The molecule has 1 unspecified atom stereocenters. The van der Waals surface area contributed by atoms with E-state index in [9.17, 15) is 4.79 Å². The molecule has 1 aliphatic rings. The highest BCUT2D eigenvalue weighted by atomic mass is 16.2. The fraction of sp³-hybridized carbons (Fsp3) is 0.538. The molecule has 3 N–H and O–H groups in total. The van der Waals surface area contributed by atoms with Crippen molar-refractivity contribution in [2.24, 2.45) is 11.8 Å². The number of nitrogens with zero attached hydrogens (tertiary/aromatic N) is 2. The number of pyridine rings is 1. The van der Waals surface area contributed by atoms with E-state index < -0.39 is 0 Å². The van der Waals surface area contributed by atoms with Crippen molar-refractivity contribution in [3.8, 4) is 0 Å². The minimum atomic E-state index is 0.0224. The van der Waals surface area contributed by atoms with Crippen molar-refractivity contribution >= 4 is 11.7 Å². The average Bonchev–Trinajstić information content (AvgIpc) is 2.46. The van der Waals surface area contributed by atoms with Crippen molar-refractivity contribution in [3.63, 3.8) is 0 Å². The van der Waals surface area contributed by atoms with Gasteiger partial charge in [-0.15, -0.1) is 0 Å². The number of piperidine rings is 1. The number of carbonyl (C=O) groups excluding carboxylic acids is 1. The summed E-state index contributed by atoms with van der Waals surface area (Å²) >= 11 is 0. The molecule has 1 aromatic rings. The second kappa shape index (κ2) is 5.82. The van der Waals surface area contributed by atoms with Crippen molar-refractivity contribution in [1.82, 2.24) is 9.88 Å². The molecule has 18 heavy (non-hydrogen) atoms. The number of nitrogen functional groups attached to an aromatic ring is 1. The smallest absolute Gasteiger partial charge is 0.257 e. The Kier molecular flexibility index (Phi) is 4.15. The van der Waals surface area contributed by atoms with Crippen LogP contribution in [0.3, 0.4) is 0 Å². The van der Waals surface area contributed by atoms with Crippen LogP contribution in [-0.2, 0) is 0 Å². The highest BCUT2D eigenvalue weighted by Gasteiger charge is 2.25. The molecule has 0 aliphatic carbocycles. The molecule has 1 aromatic heterocycles. The summed E-state index contributed by atoms with van der Waals surface area (Å²) < 4.78 is 0. The Morgan fingerprint density at radius 3 is 3.22 bits per heavy atom. The minimum Gasteiger partial charge on any atom is -0.338 e. The summed E-state index contributed by atoms with van der Waals surface area (Å²) in [4.78, 5) is 18.4. The maximum atomic E-state index is 12.4. The predicted octanol–water partition coefficient (Wildman–Crippen LogP) is 1.63. The summed E-state index contributed by atoms with van der Waals surface area (Å²) in [6, 6.07) is 3.52. The molecule has 1 saturated heterocycles. The number of carbonyl (C=O) groups is 1. The Hall–Kier alpha value is -1.62. The van der Waals surface area contributed by atoms with Gasteiger partial charge >= 0.3 is 0 Å². The molecule has 2 rings (SSSR count). The fourth-order valence-corrected chi connectivity index (χ4v) is 2.45. The molecular weight excluding hydrogens is 228 g/mol. The van der Waals surface area contributed by atoms with Gasteiger partial charge in [0.2, 0.25) is 0 Å². The third kappa shape index (κ3) is 2.61. The molecule has 0 radical (unpaired) electrons. The zero-order valence-corrected chi connectivity index (χ0v) is 10.7. The van der Waals surface area contributed by atoms with E-state index in [0.717, 1.165) is 25.9 Å². The zero-order chi connectivity index (χ0) is 13.0. The third-order valence-electron chi connectivity index (χ3n) is 3.56. The molecule has 0 saturated carbocycles. The average molecular weight is 248 g/mol. The summed E-state index contributed by atoms with van der Waals surface area (Å²) in [5, 5.41) is 0. The quantitative estimate of drug-likeness (QED) is 0.630. The van der Waals surface area contributed by atoms with Crippen molar-refractivity contribution < 1.29 is 4.79 Å². The largest absolute Gasteiger partial charge is 0.338 e. The number of nitrogens with one attached hydrogen (secondary N) is 1. The van der Waals surface area contributed by atoms with Gasteiger partial charge < -0.3 is 10.3 Å². The molecule has 0 spiro atoms. The number of anilines is 1. The first-order valence-electron chi connectivity index (χ1n) is 6.47. The first kappa shape index (κ1) is 12.8. The van der Waals surface area contributed by atoms with Gasteiger partial charge in [-0.1, -0.05) is 13.3 Å². The lowest BCUT2D eigenvalue weighted by atomic mass is 9.95. The Morgan fingerprint density at radius 1 is 1.67 bits per heavy atom. The van der Waals surface area contributed by atoms with Gasteiger partial charge in [-0.2, -0.15) is 0 Å². The molecule has 0 aromatic carbocycles. The monoisotopic (exact) mass is 248 g/mol. The molecule has 0 bridgehead atoms. The van der Waals surface area contributed by atoms with Crippen LogP contribution in [0.5, 0.6) is 0 Å². The van der Waals surface area contributed by atoms with Crippen LogP contribution in [0.15, 0.2) is 18.3 Å². The molecule has 5 heteroatoms. The Morgan fingerprint density at radius 2 is 2.50 bits per heavy atom. The molecule has 5 nitrogen and oxygen atoms in total. The van der Waals surface area contributed by atoms with Gasteiger partial charge in [-0.3, -0.25) is 4.79 Å². The van der Waals surface area contributed by atoms with Gasteiger partial charge in [0, 0.05) is 19.3 Å². The Balaban J connectivity index is 2.15. The number of amides is 1. The number of hydrazine groups is 1. The van der Waals surface area contributed by atoms with Crippen molar-refractivity contribution in [2.45, 2.75) is 26.2 Å². The molecule has 98 valence electrons. The summed E-state index contributed by atoms with van der Waals surface area (Å²) in [6.07, 6.45) is 5.04. The number of rotatable bonds is 3. The highest BCUT2D eigenvalue weighted by Crippen LogP contribution is 2.22. The van der Waals surface area contributed by atoms with Crippen molar-refractivity contribution in [1.29, 1.82) is 0 Å². The molecular formula is C13H20N4O. The van der Waals surface area contributed by atoms with Crippen LogP contribution in [0.2, 0.25) is 0 Å². The van der Waals surface area contributed by atoms with Crippen LogP contribution in [0.4, 0.5) is 5.82 Å². The normalized spacial score (nSPS) is 19.7. The number of hydrogen-bond donors (Lipinski definition) is 2. The first-order valence-corrected chi connectivity index (χ1v) is 6.47. The standard InChI is InChI=1S/C13H20N4O/c1-2-10-5-4-8-17(9-10)13(18)11-6-3-7-15-12(11)16-14/h3,6-7,10H,2,4-5,8-9,14H2,1H3,(H,15,16). The highest BCUT2D eigenvalue weighted by molar-refractivity contribution is 5.98. The molecule has 1 amide bonds. The maximum Gasteiger partial charge on any atom is 0.257 e. The molecule has 2 heterocycles. The van der Waals surface area contributed by atoms with Gasteiger partial charge in [0.05, 0.1) is 5.56 Å². The van der Waals surface area contributed by atoms with E-state index >= 15 is 0 Å². The van der Waals surface area contributed by atoms with E-state index in [1.165, 1.54) is 6.42 Å². The summed E-state index contributed by atoms with van der Waals surface area (Å²) in [5.41, 5.74) is 3.03. The van der Waals surface area contributed by atoms with E-state index in [1.54, 1.807) is 18.3 Å². The lowest BCUT2D eigenvalue weighted by Crippen LogP contribution is -2.40. The maximum absolute atomic E-state index is 12.4. The van der Waals surface area contributed by atoms with E-state index in [-0.39, 0.29) is 5.91 Å². The summed E-state index contributed by atoms with van der Waals surface area (Å²) in [6.45, 7) is 3.85. The second-order valence-corrected chi connectivity index (χ2v) is 4.71. The van der Waals surface area contributed by atoms with Gasteiger partial charge in [-0.25, -0.2) is 10.8 Å². The topological polar surface area (TPSA) is 71.2 Å². The van der Waals surface area contributed by atoms with Crippen molar-refractivity contribution in [3.05, 3.63) is 23.9 Å². The Bertz CT molecular complexity index is 421. The van der Waals surface area contributed by atoms with Gasteiger partial charge in [0.1, 0.15) is 0 Å². The Labute approximate surface area is 107 Å². The van der Waals surface area contributed by atoms with Crippen LogP contribution in [0.1, 0.15) is 36.5 Å². The lowest BCUT2D eigenvalue weighted by Gasteiger charge is -2.32. The van der Waals surface area contributed by atoms with Crippen molar-refractivity contribution in [2.75, 3.05) is 18.5 Å². The van der Waals surface area contributed by atoms with Crippen LogP contribution in [0.25, 0.3) is 0 Å². The molecule has 1 atom stereocenters. The second-order valence-electron chi connectivity index (χ2n) is 4.71. The van der Waals surface area contributed by atoms with Crippen LogP contribution >= 0.6 is 0 Å². The van der Waals surface area contributed by atoms with Gasteiger partial charge in [0.25, 0.3) is 5.91 Å². The number of nitrogens with two attached hydrogens (primary N) is 1. The summed E-state index contributed by atoms with van der Waals surface area (Å²) in [7, 11) is 0. The molecule has 1 fully saturated rings. The predicted molar refractivity (Wildman–Crippen MR) is 71.0 cm³/mol. The zero-order valence-electron chi connectivity index (χ0n) is 10.7. The van der Waals surface area contributed by atoms with E-state index in [2.05, 4.69) is 17.3 Å². The number of hydrogen-bond acceptors (Lipinski definition) is 4. The lowest BCUT2D eigenvalue weighted by molar-refractivity contribution is 0.0672. The minimum absolute atomic E-state index is 0.0224. The van der Waals surface area contributed by atoms with Crippen LogP contribution in [0, 0.1) is 5.92 Å².